The van der Waals surface area contributed by atoms with Crippen LogP contribution in [0.4, 0.5) is 0 Å². The number of carbonyl (C=O) groups excluding carboxylic acids is 3. The molecule has 1 unspecified atom stereocenters. The Labute approximate surface area is 382 Å². The van der Waals surface area contributed by atoms with E-state index in [1.165, 1.54) is 109 Å². The first-order chi connectivity index (χ1) is 30.5. The number of esters is 3. The lowest BCUT2D eigenvalue weighted by Gasteiger charge is -2.18. The third-order valence-corrected chi connectivity index (χ3v) is 10.6. The van der Waals surface area contributed by atoms with Gasteiger partial charge in [0, 0.05) is 19.3 Å². The standard InChI is InChI=1S/C56H94O6/c1-4-7-10-13-16-19-22-25-27-28-29-32-34-37-40-43-46-49-55(58)61-52-53(51-60-54(57)48-45-42-39-36-33-30-24-21-18-15-12-9-6-3)62-56(59)50-47-44-41-38-35-31-26-23-20-17-14-11-8-5-2/h8,11,17,20,25,27,29-30,32-33,37,39-40,42,53H,4-7,9-10,12-16,18-19,21-24,26,28,31,34-36,38,41,43-52H2,1-3H3/b11-8-,20-17-,27-25-,32-29-,33-30-,40-37-,42-39-. The van der Waals surface area contributed by atoms with Gasteiger partial charge in [-0.3, -0.25) is 14.4 Å². The fraction of sp³-hybridized carbons (Fsp3) is 0.696. The van der Waals surface area contributed by atoms with Crippen LogP contribution in [0.15, 0.2) is 85.1 Å². The van der Waals surface area contributed by atoms with Crippen molar-refractivity contribution in [2.45, 2.75) is 239 Å². The molecule has 0 aliphatic rings. The number of unbranched alkanes of at least 4 members (excludes halogenated alkanes) is 20. The molecule has 0 aromatic rings. The Hall–Kier alpha value is -3.41. The number of rotatable bonds is 45. The van der Waals surface area contributed by atoms with Crippen LogP contribution in [-0.2, 0) is 28.6 Å². The normalized spacial score (nSPS) is 12.8. The maximum absolute atomic E-state index is 12.8. The monoisotopic (exact) mass is 863 g/mol. The highest BCUT2D eigenvalue weighted by Gasteiger charge is 2.19. The lowest BCUT2D eigenvalue weighted by atomic mass is 10.1. The van der Waals surface area contributed by atoms with Crippen molar-refractivity contribution in [3.05, 3.63) is 85.1 Å². The summed E-state index contributed by atoms with van der Waals surface area (Å²) in [6.45, 7) is 6.41. The van der Waals surface area contributed by atoms with E-state index in [1.54, 1.807) is 0 Å². The quantitative estimate of drug-likeness (QED) is 0.0263. The van der Waals surface area contributed by atoms with Gasteiger partial charge in [0.1, 0.15) is 13.2 Å². The second kappa shape index (κ2) is 50.2. The second-order valence-corrected chi connectivity index (χ2v) is 16.7. The summed E-state index contributed by atoms with van der Waals surface area (Å²) < 4.78 is 16.7. The van der Waals surface area contributed by atoms with Crippen molar-refractivity contribution >= 4 is 17.9 Å². The molecule has 0 aromatic heterocycles. The third kappa shape index (κ3) is 47.6. The zero-order chi connectivity index (χ0) is 45.1. The molecule has 354 valence electrons. The molecule has 0 radical (unpaired) electrons. The van der Waals surface area contributed by atoms with E-state index in [1.807, 2.05) is 6.08 Å². The second-order valence-electron chi connectivity index (χ2n) is 16.7. The van der Waals surface area contributed by atoms with E-state index in [0.29, 0.717) is 19.3 Å². The van der Waals surface area contributed by atoms with E-state index in [2.05, 4.69) is 99.8 Å². The van der Waals surface area contributed by atoms with Gasteiger partial charge in [-0.1, -0.05) is 202 Å². The predicted molar refractivity (Wildman–Crippen MR) is 265 cm³/mol. The first-order valence-corrected chi connectivity index (χ1v) is 25.6. The van der Waals surface area contributed by atoms with Crippen LogP contribution in [0.25, 0.3) is 0 Å². The molecule has 0 aliphatic carbocycles. The molecule has 6 nitrogen and oxygen atoms in total. The Bertz CT molecular complexity index is 1220. The molecule has 0 N–H and O–H groups in total. The van der Waals surface area contributed by atoms with Crippen molar-refractivity contribution in [1.29, 1.82) is 0 Å². The number of carbonyl (C=O) groups is 3. The molecule has 0 aromatic carbocycles. The molecule has 1 atom stereocenters. The van der Waals surface area contributed by atoms with Crippen LogP contribution in [0.1, 0.15) is 233 Å². The Morgan fingerprint density at radius 3 is 1.13 bits per heavy atom. The average Bonchev–Trinajstić information content (AvgIpc) is 3.27. The largest absolute Gasteiger partial charge is 0.462 e. The van der Waals surface area contributed by atoms with Gasteiger partial charge in [0.05, 0.1) is 0 Å². The van der Waals surface area contributed by atoms with Crippen molar-refractivity contribution in [3.63, 3.8) is 0 Å². The summed E-state index contributed by atoms with van der Waals surface area (Å²) in [5.41, 5.74) is 0. The van der Waals surface area contributed by atoms with Gasteiger partial charge in [0.15, 0.2) is 6.10 Å². The minimum Gasteiger partial charge on any atom is -0.462 e. The van der Waals surface area contributed by atoms with Crippen LogP contribution in [0, 0.1) is 0 Å². The van der Waals surface area contributed by atoms with Gasteiger partial charge in [0.25, 0.3) is 0 Å². The molecule has 0 amide bonds. The van der Waals surface area contributed by atoms with Crippen molar-refractivity contribution in [2.75, 3.05) is 13.2 Å². The van der Waals surface area contributed by atoms with Crippen molar-refractivity contribution < 1.29 is 28.6 Å². The maximum atomic E-state index is 12.8. The Kier molecular flexibility index (Phi) is 47.5. The molecule has 0 aliphatic heterocycles. The Balaban J connectivity index is 4.53. The van der Waals surface area contributed by atoms with Crippen LogP contribution < -0.4 is 0 Å². The molecule has 0 rings (SSSR count). The van der Waals surface area contributed by atoms with Gasteiger partial charge in [-0.2, -0.15) is 0 Å². The van der Waals surface area contributed by atoms with Crippen LogP contribution in [0.3, 0.4) is 0 Å². The smallest absolute Gasteiger partial charge is 0.306 e. The lowest BCUT2D eigenvalue weighted by Crippen LogP contribution is -2.30. The molecule has 62 heavy (non-hydrogen) atoms. The van der Waals surface area contributed by atoms with Gasteiger partial charge in [-0.25, -0.2) is 0 Å². The molecular weight excluding hydrogens is 769 g/mol. The van der Waals surface area contributed by atoms with Crippen molar-refractivity contribution in [1.82, 2.24) is 0 Å². The SMILES string of the molecule is CC/C=C\C/C=C\CCCCCCCCCC(=O)OC(COC(=O)CC/C=C\C/C=C\CCCCCCCC)COC(=O)CCC/C=C\C/C=C\C/C=C\CCCCCCCC. The fourth-order valence-electron chi connectivity index (χ4n) is 6.78. The van der Waals surface area contributed by atoms with Gasteiger partial charge in [0.2, 0.25) is 0 Å². The minimum atomic E-state index is -0.823. The molecule has 0 fully saturated rings. The summed E-state index contributed by atoms with van der Waals surface area (Å²) in [6, 6.07) is 0. The summed E-state index contributed by atoms with van der Waals surface area (Å²) in [7, 11) is 0. The number of ether oxygens (including phenoxy) is 3. The maximum Gasteiger partial charge on any atom is 0.306 e. The zero-order valence-electron chi connectivity index (χ0n) is 40.4. The first kappa shape index (κ1) is 58.6. The number of hydrogen-bond acceptors (Lipinski definition) is 6. The Morgan fingerprint density at radius 1 is 0.339 bits per heavy atom. The molecule has 0 heterocycles. The van der Waals surface area contributed by atoms with Gasteiger partial charge in [-0.05, 0) is 96.3 Å². The molecular formula is C56H94O6. The van der Waals surface area contributed by atoms with Crippen molar-refractivity contribution in [3.8, 4) is 0 Å². The van der Waals surface area contributed by atoms with Crippen LogP contribution >= 0.6 is 0 Å². The highest BCUT2D eigenvalue weighted by Crippen LogP contribution is 2.13. The topological polar surface area (TPSA) is 78.9 Å². The molecule has 0 saturated carbocycles. The van der Waals surface area contributed by atoms with Crippen LogP contribution in [-0.4, -0.2) is 37.2 Å². The van der Waals surface area contributed by atoms with E-state index >= 15 is 0 Å². The van der Waals surface area contributed by atoms with Crippen LogP contribution in [0.5, 0.6) is 0 Å². The van der Waals surface area contributed by atoms with E-state index in [4.69, 9.17) is 14.2 Å². The highest BCUT2D eigenvalue weighted by atomic mass is 16.6. The minimum absolute atomic E-state index is 0.124. The summed E-state index contributed by atoms with van der Waals surface area (Å²) in [5, 5.41) is 0. The van der Waals surface area contributed by atoms with E-state index in [0.717, 1.165) is 70.6 Å². The molecule has 6 heteroatoms. The first-order valence-electron chi connectivity index (χ1n) is 25.6. The summed E-state index contributed by atoms with van der Waals surface area (Å²) >= 11 is 0. The fourth-order valence-corrected chi connectivity index (χ4v) is 6.78. The molecule has 0 bridgehead atoms. The van der Waals surface area contributed by atoms with Gasteiger partial charge < -0.3 is 14.2 Å². The zero-order valence-corrected chi connectivity index (χ0v) is 40.4. The Morgan fingerprint density at radius 2 is 0.677 bits per heavy atom. The van der Waals surface area contributed by atoms with E-state index in [-0.39, 0.29) is 44.0 Å². The summed E-state index contributed by atoms with van der Waals surface area (Å²) in [4.78, 5) is 37.9. The van der Waals surface area contributed by atoms with Gasteiger partial charge >= 0.3 is 17.9 Å². The van der Waals surface area contributed by atoms with Crippen LogP contribution in [0.2, 0.25) is 0 Å². The average molecular weight is 863 g/mol. The summed E-state index contributed by atoms with van der Waals surface area (Å²) in [5.74, 6) is -1.05. The number of allylic oxidation sites excluding steroid dienone is 14. The third-order valence-electron chi connectivity index (χ3n) is 10.6. The van der Waals surface area contributed by atoms with E-state index < -0.39 is 6.10 Å². The van der Waals surface area contributed by atoms with Gasteiger partial charge in [-0.15, -0.1) is 0 Å². The van der Waals surface area contributed by atoms with E-state index in [9.17, 15) is 14.4 Å². The number of hydrogen-bond donors (Lipinski definition) is 0. The highest BCUT2D eigenvalue weighted by molar-refractivity contribution is 5.71. The predicted octanol–water partition coefficient (Wildman–Crippen LogP) is 16.8. The molecule has 0 spiro atoms. The summed E-state index contributed by atoms with van der Waals surface area (Å²) in [6.07, 6.45) is 64.4. The van der Waals surface area contributed by atoms with Crippen molar-refractivity contribution in [2.24, 2.45) is 0 Å². The lowest BCUT2D eigenvalue weighted by molar-refractivity contribution is -0.166. The molecule has 0 saturated heterocycles.